The quantitative estimate of drug-likeness (QED) is 0.317. The van der Waals surface area contributed by atoms with Gasteiger partial charge < -0.3 is 0 Å². The van der Waals surface area contributed by atoms with Gasteiger partial charge in [-0.05, 0) is 24.3 Å². The summed E-state index contributed by atoms with van der Waals surface area (Å²) in [5.41, 5.74) is 1.61. The van der Waals surface area contributed by atoms with Gasteiger partial charge in [0, 0.05) is 34.2 Å². The van der Waals surface area contributed by atoms with Crippen LogP contribution in [-0.4, -0.2) is 20.8 Å². The highest BCUT2D eigenvalue weighted by atomic mass is 32.2. The molecular weight excluding hydrogens is 420 g/mol. The Bertz CT molecular complexity index is 1210. The lowest BCUT2D eigenvalue weighted by Crippen LogP contribution is -2.13. The second-order valence-electron chi connectivity index (χ2n) is 6.07. The van der Waals surface area contributed by atoms with Gasteiger partial charge in [0.05, 0.1) is 16.2 Å². The van der Waals surface area contributed by atoms with E-state index in [2.05, 4.69) is 15.3 Å². The van der Waals surface area contributed by atoms with Crippen LogP contribution in [0.3, 0.4) is 0 Å². The van der Waals surface area contributed by atoms with Gasteiger partial charge in [0.15, 0.2) is 5.13 Å². The zero-order valence-corrected chi connectivity index (χ0v) is 17.0. The first-order valence-electron chi connectivity index (χ1n) is 8.80. The van der Waals surface area contributed by atoms with Gasteiger partial charge in [-0.25, -0.2) is 9.97 Å². The van der Waals surface area contributed by atoms with Crippen molar-refractivity contribution in [1.29, 1.82) is 0 Å². The number of nitrogens with one attached hydrogen (secondary N) is 1. The Labute approximate surface area is 180 Å². The Morgan fingerprint density at radius 3 is 2.70 bits per heavy atom. The second kappa shape index (κ2) is 8.85. The third-order valence-corrected chi connectivity index (χ3v) is 5.84. The van der Waals surface area contributed by atoms with Crippen molar-refractivity contribution in [2.75, 3.05) is 5.32 Å². The van der Waals surface area contributed by atoms with Gasteiger partial charge in [0.2, 0.25) is 0 Å². The van der Waals surface area contributed by atoms with Crippen LogP contribution in [-0.2, 0) is 0 Å². The fourth-order valence-electron chi connectivity index (χ4n) is 2.65. The highest BCUT2D eigenvalue weighted by molar-refractivity contribution is 7.99. The van der Waals surface area contributed by atoms with Gasteiger partial charge >= 0.3 is 0 Å². The van der Waals surface area contributed by atoms with Crippen LogP contribution in [0, 0.1) is 10.1 Å². The van der Waals surface area contributed by atoms with Crippen molar-refractivity contribution in [1.82, 2.24) is 9.97 Å². The van der Waals surface area contributed by atoms with E-state index in [1.807, 2.05) is 30.3 Å². The van der Waals surface area contributed by atoms with E-state index in [1.54, 1.807) is 35.8 Å². The minimum Gasteiger partial charge on any atom is -0.298 e. The van der Waals surface area contributed by atoms with Crippen LogP contribution >= 0.6 is 23.1 Å². The Kier molecular flexibility index (Phi) is 5.82. The molecule has 0 aliphatic carbocycles. The van der Waals surface area contributed by atoms with E-state index in [4.69, 9.17) is 0 Å². The minimum absolute atomic E-state index is 0.0102. The van der Waals surface area contributed by atoms with Crippen LogP contribution in [0.2, 0.25) is 0 Å². The molecule has 2 aromatic heterocycles. The van der Waals surface area contributed by atoms with E-state index in [-0.39, 0.29) is 11.6 Å². The van der Waals surface area contributed by atoms with E-state index in [1.165, 1.54) is 35.2 Å². The van der Waals surface area contributed by atoms with Crippen molar-refractivity contribution < 1.29 is 9.72 Å². The zero-order chi connectivity index (χ0) is 20.9. The normalized spacial score (nSPS) is 10.5. The molecule has 1 amide bonds. The average molecular weight is 435 g/mol. The number of nitro groups is 1. The summed E-state index contributed by atoms with van der Waals surface area (Å²) in [6, 6.07) is 19.3. The molecule has 2 aromatic carbocycles. The molecule has 0 saturated carbocycles. The first-order chi connectivity index (χ1) is 14.6. The van der Waals surface area contributed by atoms with Gasteiger partial charge in [0.1, 0.15) is 5.03 Å². The molecule has 0 spiro atoms. The summed E-state index contributed by atoms with van der Waals surface area (Å²) < 4.78 is 0. The van der Waals surface area contributed by atoms with Crippen molar-refractivity contribution in [2.24, 2.45) is 0 Å². The van der Waals surface area contributed by atoms with Crippen LogP contribution in [0.5, 0.6) is 0 Å². The highest BCUT2D eigenvalue weighted by Crippen LogP contribution is 2.30. The number of rotatable bonds is 6. The number of anilines is 1. The highest BCUT2D eigenvalue weighted by Gasteiger charge is 2.16. The molecule has 0 saturated heterocycles. The number of nitrogens with zero attached hydrogens (tertiary/aromatic N) is 3. The number of benzene rings is 2. The van der Waals surface area contributed by atoms with E-state index in [0.29, 0.717) is 27.0 Å². The maximum Gasteiger partial charge on any atom is 0.270 e. The Morgan fingerprint density at radius 2 is 1.90 bits per heavy atom. The van der Waals surface area contributed by atoms with Gasteiger partial charge in [-0.15, -0.1) is 11.3 Å². The standard InChI is InChI=1S/C21H14N4O3S2/c26-19(17-10-5-11-22-20(17)30-16-8-2-1-3-9-16)24-21-23-18(13-29-21)14-6-4-7-15(12-14)25(27)28/h1-13H,(H,23,24,26). The second-order valence-corrected chi connectivity index (χ2v) is 7.99. The Hall–Kier alpha value is -3.56. The minimum atomic E-state index is -0.451. The summed E-state index contributed by atoms with van der Waals surface area (Å²) in [5.74, 6) is -0.318. The summed E-state index contributed by atoms with van der Waals surface area (Å²) in [5, 5.41) is 16.5. The molecule has 0 fully saturated rings. The fraction of sp³-hybridized carbons (Fsp3) is 0. The molecule has 0 aliphatic heterocycles. The van der Waals surface area contributed by atoms with Crippen molar-refractivity contribution in [2.45, 2.75) is 9.92 Å². The Morgan fingerprint density at radius 1 is 1.07 bits per heavy atom. The predicted octanol–water partition coefficient (Wildman–Crippen LogP) is 5.52. The van der Waals surface area contributed by atoms with Crippen molar-refractivity contribution >= 4 is 39.8 Å². The molecule has 0 bridgehead atoms. The summed E-state index contributed by atoms with van der Waals surface area (Å²) in [6.07, 6.45) is 1.64. The zero-order valence-electron chi connectivity index (χ0n) is 15.4. The number of non-ortho nitro benzene ring substituents is 1. The maximum atomic E-state index is 12.8. The van der Waals surface area contributed by atoms with Gasteiger partial charge in [-0.2, -0.15) is 0 Å². The molecule has 2 heterocycles. The third kappa shape index (κ3) is 4.53. The fourth-order valence-corrected chi connectivity index (χ4v) is 4.27. The lowest BCUT2D eigenvalue weighted by atomic mass is 10.1. The van der Waals surface area contributed by atoms with Crippen LogP contribution in [0.4, 0.5) is 10.8 Å². The van der Waals surface area contributed by atoms with Crippen LogP contribution in [0.15, 0.2) is 88.2 Å². The Balaban J connectivity index is 1.53. The number of carbonyl (C=O) groups is 1. The average Bonchev–Trinajstić information content (AvgIpc) is 3.23. The number of thiazole rings is 1. The summed E-state index contributed by atoms with van der Waals surface area (Å²) in [6.45, 7) is 0. The number of nitro benzene ring substituents is 1. The molecule has 0 aliphatic rings. The number of pyridine rings is 1. The SMILES string of the molecule is O=C(Nc1nc(-c2cccc([N+](=O)[O-])c2)cs1)c1cccnc1Sc1ccccc1. The van der Waals surface area contributed by atoms with Crippen LogP contribution < -0.4 is 5.32 Å². The topological polar surface area (TPSA) is 98.0 Å². The first-order valence-corrected chi connectivity index (χ1v) is 10.5. The largest absolute Gasteiger partial charge is 0.298 e. The molecular formula is C21H14N4O3S2. The summed E-state index contributed by atoms with van der Waals surface area (Å²) >= 11 is 2.66. The summed E-state index contributed by atoms with van der Waals surface area (Å²) in [7, 11) is 0. The predicted molar refractivity (Wildman–Crippen MR) is 117 cm³/mol. The van der Waals surface area contributed by atoms with E-state index < -0.39 is 4.92 Å². The number of hydrogen-bond acceptors (Lipinski definition) is 7. The lowest BCUT2D eigenvalue weighted by Gasteiger charge is -2.07. The van der Waals surface area contributed by atoms with Crippen molar-refractivity contribution in [3.05, 3.63) is 94.0 Å². The summed E-state index contributed by atoms with van der Waals surface area (Å²) in [4.78, 5) is 33.1. The lowest BCUT2D eigenvalue weighted by molar-refractivity contribution is -0.384. The number of hydrogen-bond donors (Lipinski definition) is 1. The molecule has 9 heteroatoms. The molecule has 0 radical (unpaired) electrons. The van der Waals surface area contributed by atoms with Crippen molar-refractivity contribution in [3.63, 3.8) is 0 Å². The first kappa shape index (κ1) is 19.7. The maximum absolute atomic E-state index is 12.8. The third-order valence-electron chi connectivity index (χ3n) is 4.05. The van der Waals surface area contributed by atoms with E-state index >= 15 is 0 Å². The molecule has 7 nitrogen and oxygen atoms in total. The van der Waals surface area contributed by atoms with Crippen LogP contribution in [0.25, 0.3) is 11.3 Å². The van der Waals surface area contributed by atoms with Crippen LogP contribution in [0.1, 0.15) is 10.4 Å². The molecule has 4 rings (SSSR count). The molecule has 4 aromatic rings. The smallest absolute Gasteiger partial charge is 0.270 e. The number of amides is 1. The number of aromatic nitrogens is 2. The van der Waals surface area contributed by atoms with Gasteiger partial charge in [-0.1, -0.05) is 42.1 Å². The van der Waals surface area contributed by atoms with E-state index in [0.717, 1.165) is 4.90 Å². The molecule has 1 N–H and O–H groups in total. The molecule has 0 unspecified atom stereocenters. The molecule has 0 atom stereocenters. The van der Waals surface area contributed by atoms with Crippen molar-refractivity contribution in [3.8, 4) is 11.3 Å². The van der Waals surface area contributed by atoms with Gasteiger partial charge in [-0.3, -0.25) is 20.2 Å². The molecule has 30 heavy (non-hydrogen) atoms. The monoisotopic (exact) mass is 434 g/mol. The number of carbonyl (C=O) groups excluding carboxylic acids is 1. The van der Waals surface area contributed by atoms with E-state index in [9.17, 15) is 14.9 Å². The van der Waals surface area contributed by atoms with Gasteiger partial charge in [0.25, 0.3) is 11.6 Å². The molecule has 148 valence electrons.